The molecule has 1 saturated heterocycles. The number of benzene rings is 1. The van der Waals surface area contributed by atoms with Crippen molar-refractivity contribution in [2.24, 2.45) is 5.92 Å². The lowest BCUT2D eigenvalue weighted by Crippen LogP contribution is -2.50. The van der Waals surface area contributed by atoms with Crippen LogP contribution >= 0.6 is 11.8 Å². The Morgan fingerprint density at radius 1 is 1.32 bits per heavy atom. The average Bonchev–Trinajstić information content (AvgIpc) is 2.59. The Hall–Kier alpha value is -1.09. The summed E-state index contributed by atoms with van der Waals surface area (Å²) in [7, 11) is 0.375. The van der Waals surface area contributed by atoms with Gasteiger partial charge in [-0.15, -0.1) is 11.8 Å². The number of piperidine rings is 1. The van der Waals surface area contributed by atoms with Crippen molar-refractivity contribution in [3.8, 4) is 0 Å². The van der Waals surface area contributed by atoms with E-state index in [9.17, 15) is 13.2 Å². The van der Waals surface area contributed by atoms with E-state index in [-0.39, 0.29) is 18.4 Å². The maximum Gasteiger partial charge on any atom is 0.303 e. The van der Waals surface area contributed by atoms with Crippen LogP contribution in [0.2, 0.25) is 0 Å². The standard InChI is InChI=1S/C17H26N2O4S2/c1-18(2)16-10-11-19(12-13(16)4-9-17(20)21)25(22,23)15-7-5-14(24-3)6-8-15/h5-8,13,16H,4,9-12H2,1-3H3,(H,20,21)/t13-,16+/m0/s1. The van der Waals surface area contributed by atoms with E-state index in [1.165, 1.54) is 4.31 Å². The third kappa shape index (κ3) is 4.97. The first kappa shape index (κ1) is 20.2. The highest BCUT2D eigenvalue weighted by atomic mass is 32.2. The molecule has 1 aromatic carbocycles. The second kappa shape index (κ2) is 8.53. The van der Waals surface area contributed by atoms with Crippen molar-refractivity contribution in [1.29, 1.82) is 0 Å². The topological polar surface area (TPSA) is 77.9 Å². The van der Waals surface area contributed by atoms with Crippen LogP contribution < -0.4 is 0 Å². The highest BCUT2D eigenvalue weighted by Gasteiger charge is 2.36. The summed E-state index contributed by atoms with van der Waals surface area (Å²) in [6, 6.07) is 7.11. The fourth-order valence-corrected chi connectivity index (χ4v) is 5.29. The van der Waals surface area contributed by atoms with Gasteiger partial charge < -0.3 is 10.0 Å². The number of carbonyl (C=O) groups is 1. The Labute approximate surface area is 154 Å². The smallest absolute Gasteiger partial charge is 0.303 e. The number of nitrogens with zero attached hydrogens (tertiary/aromatic N) is 2. The maximum absolute atomic E-state index is 12.9. The fourth-order valence-electron chi connectivity index (χ4n) is 3.37. The molecule has 1 N–H and O–H groups in total. The molecule has 6 nitrogen and oxygen atoms in total. The number of hydrogen-bond acceptors (Lipinski definition) is 5. The van der Waals surface area contributed by atoms with E-state index < -0.39 is 16.0 Å². The molecule has 0 amide bonds. The highest BCUT2D eigenvalue weighted by molar-refractivity contribution is 7.98. The summed E-state index contributed by atoms with van der Waals surface area (Å²) in [5.41, 5.74) is 0. The van der Waals surface area contributed by atoms with Gasteiger partial charge in [0.1, 0.15) is 0 Å². The number of rotatable bonds is 7. The van der Waals surface area contributed by atoms with Gasteiger partial charge in [-0.05, 0) is 63.4 Å². The van der Waals surface area contributed by atoms with E-state index in [2.05, 4.69) is 4.90 Å². The van der Waals surface area contributed by atoms with E-state index in [0.29, 0.717) is 30.8 Å². The maximum atomic E-state index is 12.9. The molecule has 0 unspecified atom stereocenters. The zero-order valence-corrected chi connectivity index (χ0v) is 16.5. The lowest BCUT2D eigenvalue weighted by Gasteiger charge is -2.41. The quantitative estimate of drug-likeness (QED) is 0.724. The summed E-state index contributed by atoms with van der Waals surface area (Å²) in [5, 5.41) is 8.97. The predicted octanol–water partition coefficient (Wildman–Crippen LogP) is 2.21. The van der Waals surface area contributed by atoms with E-state index in [1.807, 2.05) is 32.5 Å². The van der Waals surface area contributed by atoms with Crippen molar-refractivity contribution in [3.05, 3.63) is 24.3 Å². The summed E-state index contributed by atoms with van der Waals surface area (Å²) < 4.78 is 27.4. The molecular weight excluding hydrogens is 360 g/mol. The molecule has 1 aromatic rings. The molecule has 1 aliphatic heterocycles. The molecule has 0 bridgehead atoms. The Morgan fingerprint density at radius 2 is 1.96 bits per heavy atom. The molecule has 25 heavy (non-hydrogen) atoms. The lowest BCUT2D eigenvalue weighted by molar-refractivity contribution is -0.137. The zero-order chi connectivity index (χ0) is 18.6. The van der Waals surface area contributed by atoms with Crippen molar-refractivity contribution in [2.75, 3.05) is 33.4 Å². The van der Waals surface area contributed by atoms with Crippen LogP contribution in [0.4, 0.5) is 0 Å². The lowest BCUT2D eigenvalue weighted by atomic mass is 9.88. The monoisotopic (exact) mass is 386 g/mol. The normalized spacial score (nSPS) is 22.2. The minimum atomic E-state index is -3.55. The number of sulfonamides is 1. The number of thioether (sulfide) groups is 1. The van der Waals surface area contributed by atoms with E-state index in [0.717, 1.165) is 4.90 Å². The van der Waals surface area contributed by atoms with Gasteiger partial charge >= 0.3 is 5.97 Å². The van der Waals surface area contributed by atoms with Crippen LogP contribution in [0, 0.1) is 5.92 Å². The van der Waals surface area contributed by atoms with Crippen LogP contribution in [-0.4, -0.2) is 68.2 Å². The Bertz CT molecular complexity index is 689. The van der Waals surface area contributed by atoms with Crippen LogP contribution in [-0.2, 0) is 14.8 Å². The van der Waals surface area contributed by atoms with Crippen molar-refractivity contribution in [3.63, 3.8) is 0 Å². The van der Waals surface area contributed by atoms with E-state index >= 15 is 0 Å². The summed E-state index contributed by atoms with van der Waals surface area (Å²) >= 11 is 1.57. The van der Waals surface area contributed by atoms with Gasteiger partial charge in [0.25, 0.3) is 0 Å². The number of carboxylic acid groups (broad SMARTS) is 1. The SMILES string of the molecule is CSc1ccc(S(=O)(=O)N2CC[C@@H](N(C)C)[C@@H](CCC(=O)O)C2)cc1. The van der Waals surface area contributed by atoms with Gasteiger partial charge in [-0.2, -0.15) is 4.31 Å². The van der Waals surface area contributed by atoms with Gasteiger partial charge in [-0.1, -0.05) is 0 Å². The van der Waals surface area contributed by atoms with Crippen molar-refractivity contribution >= 4 is 27.8 Å². The van der Waals surface area contributed by atoms with Crippen molar-refractivity contribution < 1.29 is 18.3 Å². The molecule has 0 spiro atoms. The average molecular weight is 387 g/mol. The minimum Gasteiger partial charge on any atom is -0.481 e. The molecule has 140 valence electrons. The molecular formula is C17H26N2O4S2. The number of aliphatic carboxylic acids is 1. The van der Waals surface area contributed by atoms with Crippen molar-refractivity contribution in [1.82, 2.24) is 9.21 Å². The second-order valence-electron chi connectivity index (χ2n) is 6.55. The molecule has 0 radical (unpaired) electrons. The Kier molecular flexibility index (Phi) is 6.90. The largest absolute Gasteiger partial charge is 0.481 e. The van der Waals surface area contributed by atoms with Crippen LogP contribution in [0.5, 0.6) is 0 Å². The van der Waals surface area contributed by atoms with Crippen molar-refractivity contribution in [2.45, 2.75) is 35.1 Å². The van der Waals surface area contributed by atoms with Crippen LogP contribution in [0.1, 0.15) is 19.3 Å². The summed E-state index contributed by atoms with van der Waals surface area (Å²) in [6.45, 7) is 0.821. The molecule has 2 atom stereocenters. The molecule has 0 aliphatic carbocycles. The molecule has 1 heterocycles. The molecule has 0 aromatic heterocycles. The van der Waals surface area contributed by atoms with Crippen LogP contribution in [0.15, 0.2) is 34.1 Å². The summed E-state index contributed by atoms with van der Waals surface area (Å²) in [5.74, 6) is -0.828. The predicted molar refractivity (Wildman–Crippen MR) is 99.4 cm³/mol. The molecule has 8 heteroatoms. The molecule has 1 aliphatic rings. The molecule has 0 saturated carbocycles. The summed E-state index contributed by atoms with van der Waals surface area (Å²) in [4.78, 5) is 14.3. The van der Waals surface area contributed by atoms with Crippen LogP contribution in [0.3, 0.4) is 0 Å². The van der Waals surface area contributed by atoms with Gasteiger partial charge in [-0.25, -0.2) is 8.42 Å². The second-order valence-corrected chi connectivity index (χ2v) is 9.37. The van der Waals surface area contributed by atoms with E-state index in [1.54, 1.807) is 23.9 Å². The first-order chi connectivity index (χ1) is 11.8. The third-order valence-corrected chi connectivity index (χ3v) is 7.37. The fraction of sp³-hybridized carbons (Fsp3) is 0.588. The Balaban J connectivity index is 2.18. The summed E-state index contributed by atoms with van der Waals surface area (Å²) in [6.07, 6.45) is 3.20. The first-order valence-corrected chi connectivity index (χ1v) is 10.9. The van der Waals surface area contributed by atoms with Gasteiger partial charge in [0, 0.05) is 30.4 Å². The van der Waals surface area contributed by atoms with E-state index in [4.69, 9.17) is 5.11 Å². The van der Waals surface area contributed by atoms with Gasteiger partial charge in [0.15, 0.2) is 0 Å². The van der Waals surface area contributed by atoms with Crippen LogP contribution in [0.25, 0.3) is 0 Å². The van der Waals surface area contributed by atoms with Gasteiger partial charge in [-0.3, -0.25) is 4.79 Å². The number of carboxylic acids is 1. The highest BCUT2D eigenvalue weighted by Crippen LogP contribution is 2.29. The zero-order valence-electron chi connectivity index (χ0n) is 14.9. The minimum absolute atomic E-state index is 0.0140. The van der Waals surface area contributed by atoms with Gasteiger partial charge in [0.05, 0.1) is 4.90 Å². The number of hydrogen-bond donors (Lipinski definition) is 1. The Morgan fingerprint density at radius 3 is 2.48 bits per heavy atom. The first-order valence-electron chi connectivity index (χ1n) is 8.28. The van der Waals surface area contributed by atoms with Gasteiger partial charge in [0.2, 0.25) is 10.0 Å². The third-order valence-electron chi connectivity index (χ3n) is 4.75. The molecule has 1 fully saturated rings. The molecule has 2 rings (SSSR count).